The molecule has 5 heteroatoms. The number of amides is 1. The van der Waals surface area contributed by atoms with Crippen LogP contribution in [0.5, 0.6) is 5.75 Å². The number of carbonyl (C=O) groups is 1. The molecule has 1 aromatic carbocycles. The van der Waals surface area contributed by atoms with Crippen LogP contribution in [0.1, 0.15) is 5.56 Å². The van der Waals surface area contributed by atoms with Crippen LogP contribution in [0.2, 0.25) is 0 Å². The van der Waals surface area contributed by atoms with Crippen LogP contribution in [0.25, 0.3) is 0 Å². The van der Waals surface area contributed by atoms with Gasteiger partial charge in [0.2, 0.25) is 5.91 Å². The van der Waals surface area contributed by atoms with Crippen molar-refractivity contribution < 1.29 is 9.53 Å². The summed E-state index contributed by atoms with van der Waals surface area (Å²) >= 11 is 3.24. The number of hydrogen-bond donors (Lipinski definition) is 1. The zero-order chi connectivity index (χ0) is 13.7. The maximum absolute atomic E-state index is 11.8. The normalized spacial score (nSPS) is 10.0. The summed E-state index contributed by atoms with van der Waals surface area (Å²) in [6.07, 6.45) is 1.93. The van der Waals surface area contributed by atoms with Gasteiger partial charge < -0.3 is 10.1 Å². The minimum Gasteiger partial charge on any atom is -0.497 e. The summed E-state index contributed by atoms with van der Waals surface area (Å²) in [5.74, 6) is 0.704. The Kier molecular flexibility index (Phi) is 4.52. The van der Waals surface area contributed by atoms with Crippen molar-refractivity contribution in [3.63, 3.8) is 0 Å². The van der Waals surface area contributed by atoms with E-state index < -0.39 is 0 Å². The van der Waals surface area contributed by atoms with Gasteiger partial charge in [-0.25, -0.2) is 4.98 Å². The third-order valence-electron chi connectivity index (χ3n) is 2.53. The number of carbonyl (C=O) groups excluding carboxylic acids is 1. The summed E-state index contributed by atoms with van der Waals surface area (Å²) < 4.78 is 5.80. The van der Waals surface area contributed by atoms with Crippen LogP contribution >= 0.6 is 15.9 Å². The fourth-order valence-electron chi connectivity index (χ4n) is 1.58. The van der Waals surface area contributed by atoms with E-state index in [1.165, 1.54) is 0 Å². The monoisotopic (exact) mass is 320 g/mol. The number of hydrogen-bond acceptors (Lipinski definition) is 3. The van der Waals surface area contributed by atoms with Gasteiger partial charge in [0, 0.05) is 0 Å². The molecule has 0 unspecified atom stereocenters. The molecule has 0 aliphatic carbocycles. The molecule has 98 valence electrons. The van der Waals surface area contributed by atoms with Gasteiger partial charge >= 0.3 is 0 Å². The van der Waals surface area contributed by atoms with E-state index in [1.807, 2.05) is 24.3 Å². The largest absolute Gasteiger partial charge is 0.497 e. The molecule has 1 amide bonds. The Labute approximate surface area is 119 Å². The highest BCUT2D eigenvalue weighted by molar-refractivity contribution is 9.10. The molecule has 19 heavy (non-hydrogen) atoms. The van der Waals surface area contributed by atoms with E-state index in [4.69, 9.17) is 4.74 Å². The van der Waals surface area contributed by atoms with E-state index in [0.717, 1.165) is 15.9 Å². The molecule has 0 atom stereocenters. The van der Waals surface area contributed by atoms with Crippen LogP contribution < -0.4 is 10.1 Å². The molecular formula is C14H13BrN2O2. The van der Waals surface area contributed by atoms with E-state index in [9.17, 15) is 4.79 Å². The van der Waals surface area contributed by atoms with Gasteiger partial charge in [0.15, 0.2) is 0 Å². The molecule has 0 aliphatic rings. The summed E-state index contributed by atoms with van der Waals surface area (Å²) in [4.78, 5) is 15.9. The van der Waals surface area contributed by atoms with Crippen molar-refractivity contribution in [3.05, 3.63) is 52.8 Å². The molecular weight excluding hydrogens is 308 g/mol. The second-order valence-corrected chi connectivity index (χ2v) is 4.76. The molecule has 0 saturated carbocycles. The minimum atomic E-state index is -0.0747. The van der Waals surface area contributed by atoms with Gasteiger partial charge in [0.05, 0.1) is 25.4 Å². The molecule has 0 radical (unpaired) electrons. The third kappa shape index (κ3) is 4.06. The lowest BCUT2D eigenvalue weighted by molar-refractivity contribution is -0.115. The fourth-order valence-corrected chi connectivity index (χ4v) is 1.82. The Morgan fingerprint density at radius 3 is 2.58 bits per heavy atom. The number of ether oxygens (including phenoxy) is 1. The lowest BCUT2D eigenvalue weighted by Crippen LogP contribution is -2.14. The van der Waals surface area contributed by atoms with Gasteiger partial charge in [-0.05, 0) is 45.8 Å². The molecule has 0 fully saturated rings. The zero-order valence-electron chi connectivity index (χ0n) is 10.4. The molecule has 0 spiro atoms. The topological polar surface area (TPSA) is 51.2 Å². The molecule has 0 bridgehead atoms. The number of aromatic nitrogens is 1. The Balaban J connectivity index is 1.95. The SMILES string of the molecule is COc1ccc(CC(=O)Nc2ccc(Br)nc2)cc1. The van der Waals surface area contributed by atoms with Gasteiger partial charge in [-0.3, -0.25) is 4.79 Å². The number of nitrogens with zero attached hydrogens (tertiary/aromatic N) is 1. The standard InChI is InChI=1S/C14H13BrN2O2/c1-19-12-5-2-10(3-6-12)8-14(18)17-11-4-7-13(15)16-9-11/h2-7,9H,8H2,1H3,(H,17,18). The quantitative estimate of drug-likeness (QED) is 0.881. The minimum absolute atomic E-state index is 0.0747. The predicted octanol–water partition coefficient (Wildman–Crippen LogP) is 3.03. The van der Waals surface area contributed by atoms with Crippen LogP contribution in [0.3, 0.4) is 0 Å². The Morgan fingerprint density at radius 2 is 2.00 bits per heavy atom. The smallest absolute Gasteiger partial charge is 0.228 e. The summed E-state index contributed by atoms with van der Waals surface area (Å²) in [6.45, 7) is 0. The molecule has 2 rings (SSSR count). The van der Waals surface area contributed by atoms with Crippen molar-refractivity contribution in [2.24, 2.45) is 0 Å². The maximum atomic E-state index is 11.8. The first-order chi connectivity index (χ1) is 9.17. The number of anilines is 1. The first-order valence-corrected chi connectivity index (χ1v) is 6.51. The van der Waals surface area contributed by atoms with Crippen molar-refractivity contribution in [1.29, 1.82) is 0 Å². The lowest BCUT2D eigenvalue weighted by atomic mass is 10.1. The van der Waals surface area contributed by atoms with Gasteiger partial charge in [-0.15, -0.1) is 0 Å². The van der Waals surface area contributed by atoms with Crippen molar-refractivity contribution in [2.45, 2.75) is 6.42 Å². The van der Waals surface area contributed by atoms with Crippen LogP contribution in [-0.2, 0) is 11.2 Å². The average Bonchev–Trinajstić information content (AvgIpc) is 2.42. The molecule has 1 N–H and O–H groups in total. The highest BCUT2D eigenvalue weighted by atomic mass is 79.9. The first kappa shape index (κ1) is 13.5. The first-order valence-electron chi connectivity index (χ1n) is 5.72. The van der Waals surface area contributed by atoms with Crippen molar-refractivity contribution in [1.82, 2.24) is 4.98 Å². The van der Waals surface area contributed by atoms with Crippen molar-refractivity contribution in [3.8, 4) is 5.75 Å². The fraction of sp³-hybridized carbons (Fsp3) is 0.143. The third-order valence-corrected chi connectivity index (χ3v) is 3.00. The number of nitrogens with one attached hydrogen (secondary N) is 1. The second kappa shape index (κ2) is 6.33. The van der Waals surface area contributed by atoms with Crippen molar-refractivity contribution >= 4 is 27.5 Å². The molecule has 1 heterocycles. The number of methoxy groups -OCH3 is 1. The average molecular weight is 321 g/mol. The second-order valence-electron chi connectivity index (χ2n) is 3.94. The summed E-state index contributed by atoms with van der Waals surface area (Å²) in [6, 6.07) is 11.0. The van der Waals surface area contributed by atoms with E-state index in [1.54, 1.807) is 25.4 Å². The van der Waals surface area contributed by atoms with Gasteiger partial charge in [-0.2, -0.15) is 0 Å². The van der Waals surface area contributed by atoms with E-state index >= 15 is 0 Å². The van der Waals surface area contributed by atoms with E-state index in [2.05, 4.69) is 26.2 Å². The zero-order valence-corrected chi connectivity index (χ0v) is 12.0. The van der Waals surface area contributed by atoms with Gasteiger partial charge in [-0.1, -0.05) is 12.1 Å². The molecule has 4 nitrogen and oxygen atoms in total. The van der Waals surface area contributed by atoms with Crippen LogP contribution in [0.15, 0.2) is 47.2 Å². The van der Waals surface area contributed by atoms with Crippen LogP contribution in [-0.4, -0.2) is 18.0 Å². The number of benzene rings is 1. The Hall–Kier alpha value is -1.88. The van der Waals surface area contributed by atoms with E-state index in [-0.39, 0.29) is 5.91 Å². The van der Waals surface area contributed by atoms with Crippen molar-refractivity contribution in [2.75, 3.05) is 12.4 Å². The number of rotatable bonds is 4. The summed E-state index contributed by atoms with van der Waals surface area (Å²) in [5, 5.41) is 2.79. The molecule has 0 saturated heterocycles. The highest BCUT2D eigenvalue weighted by Crippen LogP contribution is 2.13. The summed E-state index contributed by atoms with van der Waals surface area (Å²) in [5.41, 5.74) is 1.62. The molecule has 0 aliphatic heterocycles. The van der Waals surface area contributed by atoms with Gasteiger partial charge in [0.25, 0.3) is 0 Å². The van der Waals surface area contributed by atoms with Gasteiger partial charge in [0.1, 0.15) is 10.4 Å². The predicted molar refractivity (Wildman–Crippen MR) is 77.3 cm³/mol. The number of halogens is 1. The maximum Gasteiger partial charge on any atom is 0.228 e. The lowest BCUT2D eigenvalue weighted by Gasteiger charge is -2.06. The highest BCUT2D eigenvalue weighted by Gasteiger charge is 2.04. The van der Waals surface area contributed by atoms with Crippen LogP contribution in [0, 0.1) is 0 Å². The van der Waals surface area contributed by atoms with Crippen LogP contribution in [0.4, 0.5) is 5.69 Å². The Morgan fingerprint density at radius 1 is 1.26 bits per heavy atom. The summed E-state index contributed by atoms with van der Waals surface area (Å²) in [7, 11) is 1.61. The van der Waals surface area contributed by atoms with E-state index in [0.29, 0.717) is 12.1 Å². The number of pyridine rings is 1. The molecule has 2 aromatic rings. The molecule has 1 aromatic heterocycles. The Bertz CT molecular complexity index is 553.